The Balaban J connectivity index is 3.16. The molecule has 0 aromatic carbocycles. The van der Waals surface area contributed by atoms with Crippen LogP contribution in [0, 0.1) is 0 Å². The third-order valence-electron chi connectivity index (χ3n) is 1.41. The molecule has 0 aliphatic carbocycles. The Morgan fingerprint density at radius 2 is 2.23 bits per heavy atom. The fourth-order valence-electron chi connectivity index (χ4n) is 0.780. The van der Waals surface area contributed by atoms with Crippen molar-refractivity contribution in [2.24, 2.45) is 5.73 Å². The highest BCUT2D eigenvalue weighted by Gasteiger charge is 2.33. The largest absolute Gasteiger partial charge is 0.325 e. The molecule has 0 fully saturated rings. The minimum absolute atomic E-state index is 0.0928. The first-order chi connectivity index (χ1) is 5.97. The molecule has 0 unspecified atom stereocenters. The van der Waals surface area contributed by atoms with Crippen LogP contribution in [-0.4, -0.2) is 11.5 Å². The summed E-state index contributed by atoms with van der Waals surface area (Å²) in [6.45, 7) is -0.804. The van der Waals surface area contributed by atoms with Crippen molar-refractivity contribution in [2.45, 2.75) is 5.92 Å². The lowest BCUT2D eigenvalue weighted by Gasteiger charge is -2.14. The number of nitrogens with zero attached hydrogens (tertiary/aromatic N) is 1. The van der Waals surface area contributed by atoms with Crippen LogP contribution in [0.25, 0.3) is 0 Å². The standard InChI is InChI=1S/C7H6BrClF2N2/c8-4-1-5(9)6(13-2-4)7(10,11)3-12/h1-2H,3,12H2. The lowest BCUT2D eigenvalue weighted by molar-refractivity contribution is 0.00149. The Labute approximate surface area is 87.2 Å². The van der Waals surface area contributed by atoms with Gasteiger partial charge in [-0.3, -0.25) is 4.98 Å². The van der Waals surface area contributed by atoms with Crippen molar-refractivity contribution in [2.75, 3.05) is 6.54 Å². The van der Waals surface area contributed by atoms with E-state index < -0.39 is 18.2 Å². The van der Waals surface area contributed by atoms with Crippen molar-refractivity contribution < 1.29 is 8.78 Å². The molecule has 0 saturated carbocycles. The lowest BCUT2D eigenvalue weighted by Crippen LogP contribution is -2.26. The van der Waals surface area contributed by atoms with Gasteiger partial charge in [0.05, 0.1) is 11.6 Å². The Morgan fingerprint density at radius 1 is 1.62 bits per heavy atom. The smallest absolute Gasteiger partial charge is 0.303 e. The van der Waals surface area contributed by atoms with Gasteiger partial charge in [-0.1, -0.05) is 11.6 Å². The molecule has 0 bridgehead atoms. The molecule has 1 aromatic rings. The fraction of sp³-hybridized carbons (Fsp3) is 0.286. The van der Waals surface area contributed by atoms with Crippen molar-refractivity contribution in [3.63, 3.8) is 0 Å². The summed E-state index contributed by atoms with van der Waals surface area (Å²) >= 11 is 8.63. The van der Waals surface area contributed by atoms with Crippen molar-refractivity contribution in [3.05, 3.63) is 27.5 Å². The quantitative estimate of drug-likeness (QED) is 0.898. The molecule has 0 atom stereocenters. The average molecular weight is 271 g/mol. The highest BCUT2D eigenvalue weighted by atomic mass is 79.9. The van der Waals surface area contributed by atoms with Gasteiger partial charge in [0.15, 0.2) is 0 Å². The number of hydrogen-bond donors (Lipinski definition) is 1. The van der Waals surface area contributed by atoms with Crippen molar-refractivity contribution in [1.29, 1.82) is 0 Å². The highest BCUT2D eigenvalue weighted by Crippen LogP contribution is 2.31. The number of nitrogens with two attached hydrogens (primary N) is 1. The van der Waals surface area contributed by atoms with E-state index in [0.717, 1.165) is 0 Å². The third-order valence-corrected chi connectivity index (χ3v) is 2.13. The number of halogens is 4. The van der Waals surface area contributed by atoms with Crippen LogP contribution in [0.1, 0.15) is 5.69 Å². The summed E-state index contributed by atoms with van der Waals surface area (Å²) in [5, 5.41) is -0.0928. The van der Waals surface area contributed by atoms with Crippen LogP contribution in [0.4, 0.5) is 8.78 Å². The molecule has 6 heteroatoms. The Morgan fingerprint density at radius 3 is 2.69 bits per heavy atom. The second kappa shape index (κ2) is 3.86. The molecule has 2 nitrogen and oxygen atoms in total. The highest BCUT2D eigenvalue weighted by molar-refractivity contribution is 9.10. The van der Waals surface area contributed by atoms with E-state index in [9.17, 15) is 8.78 Å². The van der Waals surface area contributed by atoms with Crippen LogP contribution in [0.3, 0.4) is 0 Å². The van der Waals surface area contributed by atoms with E-state index in [1.54, 1.807) is 0 Å². The van der Waals surface area contributed by atoms with Crippen LogP contribution in [0.5, 0.6) is 0 Å². The molecule has 0 aliphatic heterocycles. The predicted molar refractivity (Wildman–Crippen MR) is 49.9 cm³/mol. The van der Waals surface area contributed by atoms with Gasteiger partial charge in [0, 0.05) is 10.7 Å². The summed E-state index contributed by atoms with van der Waals surface area (Å²) in [4.78, 5) is 3.51. The summed E-state index contributed by atoms with van der Waals surface area (Å²) in [7, 11) is 0. The number of pyridine rings is 1. The number of aromatic nitrogens is 1. The van der Waals surface area contributed by atoms with Crippen LogP contribution < -0.4 is 5.73 Å². The third kappa shape index (κ3) is 2.36. The molecule has 0 spiro atoms. The van der Waals surface area contributed by atoms with E-state index >= 15 is 0 Å². The first-order valence-electron chi connectivity index (χ1n) is 3.37. The van der Waals surface area contributed by atoms with Crippen molar-refractivity contribution in [3.8, 4) is 0 Å². The summed E-state index contributed by atoms with van der Waals surface area (Å²) in [6, 6.07) is 1.35. The van der Waals surface area contributed by atoms with E-state index in [1.165, 1.54) is 12.3 Å². The number of alkyl halides is 2. The summed E-state index contributed by atoms with van der Waals surface area (Å²) in [5.41, 5.74) is 4.40. The summed E-state index contributed by atoms with van der Waals surface area (Å²) in [6.07, 6.45) is 1.25. The molecule has 1 aromatic heterocycles. The molecule has 2 N–H and O–H groups in total. The summed E-state index contributed by atoms with van der Waals surface area (Å²) in [5.74, 6) is -3.17. The van der Waals surface area contributed by atoms with Gasteiger partial charge in [-0.25, -0.2) is 0 Å². The predicted octanol–water partition coefficient (Wildman–Crippen LogP) is 2.55. The Bertz CT molecular complexity index is 319. The first-order valence-corrected chi connectivity index (χ1v) is 4.54. The second-order valence-corrected chi connectivity index (χ2v) is 3.72. The van der Waals surface area contributed by atoms with Crippen LogP contribution in [0.15, 0.2) is 16.7 Å². The minimum Gasteiger partial charge on any atom is -0.325 e. The fourth-order valence-corrected chi connectivity index (χ4v) is 1.55. The maximum absolute atomic E-state index is 13.0. The molecule has 0 amide bonds. The Kier molecular flexibility index (Phi) is 3.21. The first kappa shape index (κ1) is 10.8. The zero-order valence-corrected chi connectivity index (χ0v) is 8.74. The van der Waals surface area contributed by atoms with E-state index in [1.807, 2.05) is 0 Å². The van der Waals surface area contributed by atoms with E-state index in [2.05, 4.69) is 20.9 Å². The van der Waals surface area contributed by atoms with Gasteiger partial charge in [0.2, 0.25) is 0 Å². The van der Waals surface area contributed by atoms with Gasteiger partial charge >= 0.3 is 5.92 Å². The molecule has 0 saturated heterocycles. The van der Waals surface area contributed by atoms with Crippen LogP contribution in [-0.2, 0) is 5.92 Å². The normalized spacial score (nSPS) is 11.8. The van der Waals surface area contributed by atoms with Gasteiger partial charge in [-0.2, -0.15) is 8.78 Å². The molecule has 0 radical (unpaired) electrons. The van der Waals surface area contributed by atoms with Crippen LogP contribution in [0.2, 0.25) is 5.02 Å². The number of rotatable bonds is 2. The summed E-state index contributed by atoms with van der Waals surface area (Å²) < 4.78 is 26.5. The molecular formula is C7H6BrClF2N2. The van der Waals surface area contributed by atoms with E-state index in [0.29, 0.717) is 4.47 Å². The van der Waals surface area contributed by atoms with E-state index in [4.69, 9.17) is 17.3 Å². The lowest BCUT2D eigenvalue weighted by atomic mass is 10.2. The van der Waals surface area contributed by atoms with Crippen molar-refractivity contribution in [1.82, 2.24) is 4.98 Å². The molecule has 1 heterocycles. The van der Waals surface area contributed by atoms with Gasteiger partial charge in [0.1, 0.15) is 5.69 Å². The number of hydrogen-bond acceptors (Lipinski definition) is 2. The maximum Gasteiger partial charge on any atom is 0.303 e. The topological polar surface area (TPSA) is 38.9 Å². The molecule has 0 aliphatic rings. The van der Waals surface area contributed by atoms with Gasteiger partial charge < -0.3 is 5.73 Å². The molecule has 1 rings (SSSR count). The molecule has 72 valence electrons. The van der Waals surface area contributed by atoms with Gasteiger partial charge in [-0.15, -0.1) is 0 Å². The monoisotopic (exact) mass is 270 g/mol. The van der Waals surface area contributed by atoms with Crippen molar-refractivity contribution >= 4 is 27.5 Å². The second-order valence-electron chi connectivity index (χ2n) is 2.39. The van der Waals surface area contributed by atoms with Gasteiger partial charge in [0.25, 0.3) is 0 Å². The van der Waals surface area contributed by atoms with Gasteiger partial charge in [-0.05, 0) is 22.0 Å². The Hall–Kier alpha value is -0.260. The van der Waals surface area contributed by atoms with E-state index in [-0.39, 0.29) is 5.02 Å². The minimum atomic E-state index is -3.17. The zero-order valence-electron chi connectivity index (χ0n) is 6.40. The molecular weight excluding hydrogens is 265 g/mol. The SMILES string of the molecule is NCC(F)(F)c1ncc(Br)cc1Cl. The zero-order chi connectivity index (χ0) is 10.1. The maximum atomic E-state index is 13.0. The van der Waals surface area contributed by atoms with Crippen LogP contribution >= 0.6 is 27.5 Å². The molecule has 13 heavy (non-hydrogen) atoms. The average Bonchev–Trinajstić information content (AvgIpc) is 2.03.